The molecule has 0 bridgehead atoms. The first-order chi connectivity index (χ1) is 9.60. The van der Waals surface area contributed by atoms with Crippen molar-refractivity contribution in [2.45, 2.75) is 19.5 Å². The van der Waals surface area contributed by atoms with Crippen LogP contribution in [0.5, 0.6) is 17.2 Å². The number of hydrogen-bond donors (Lipinski definition) is 3. The van der Waals surface area contributed by atoms with Gasteiger partial charge < -0.3 is 20.3 Å². The molecule has 106 valence electrons. The van der Waals surface area contributed by atoms with Crippen LogP contribution in [-0.2, 0) is 6.54 Å². The maximum Gasteiger partial charge on any atom is 0.157 e. The van der Waals surface area contributed by atoms with Gasteiger partial charge >= 0.3 is 0 Å². The number of hydrogen-bond acceptors (Lipinski definition) is 4. The Morgan fingerprint density at radius 2 is 1.90 bits per heavy atom. The number of rotatable bonds is 5. The molecule has 0 radical (unpaired) electrons. The van der Waals surface area contributed by atoms with E-state index in [1.54, 1.807) is 19.2 Å². The smallest absolute Gasteiger partial charge is 0.157 e. The number of benzene rings is 2. The Labute approximate surface area is 118 Å². The molecule has 0 aromatic heterocycles. The average molecular weight is 273 g/mol. The lowest BCUT2D eigenvalue weighted by Crippen LogP contribution is -2.18. The summed E-state index contributed by atoms with van der Waals surface area (Å²) in [4.78, 5) is 0. The third-order valence-corrected chi connectivity index (χ3v) is 3.25. The molecule has 0 spiro atoms. The summed E-state index contributed by atoms with van der Waals surface area (Å²) in [5.74, 6) is 0.631. The molecular formula is C16H19NO3. The Kier molecular flexibility index (Phi) is 4.48. The van der Waals surface area contributed by atoms with E-state index in [9.17, 15) is 10.2 Å². The fraction of sp³-hybridized carbons (Fsp3) is 0.250. The van der Waals surface area contributed by atoms with Gasteiger partial charge in [0.05, 0.1) is 7.11 Å². The highest BCUT2D eigenvalue weighted by Gasteiger charge is 2.07. The molecule has 0 saturated carbocycles. The molecule has 0 heterocycles. The van der Waals surface area contributed by atoms with E-state index >= 15 is 0 Å². The predicted molar refractivity (Wildman–Crippen MR) is 78.0 cm³/mol. The fourth-order valence-corrected chi connectivity index (χ4v) is 1.98. The van der Waals surface area contributed by atoms with E-state index in [2.05, 4.69) is 12.2 Å². The molecule has 0 amide bonds. The van der Waals surface area contributed by atoms with Crippen molar-refractivity contribution >= 4 is 0 Å². The van der Waals surface area contributed by atoms with Gasteiger partial charge in [-0.1, -0.05) is 18.2 Å². The van der Waals surface area contributed by atoms with Crippen LogP contribution in [-0.4, -0.2) is 17.3 Å². The standard InChI is InChI=1S/C16H19NO3/c1-11(13-4-3-5-14(9-13)20-2)17-10-12-6-7-15(18)16(19)8-12/h3-9,11,17-19H,10H2,1-2H3. The van der Waals surface area contributed by atoms with Gasteiger partial charge in [0.1, 0.15) is 5.75 Å². The molecule has 0 fully saturated rings. The van der Waals surface area contributed by atoms with Crippen LogP contribution in [0.2, 0.25) is 0 Å². The molecule has 20 heavy (non-hydrogen) atoms. The lowest BCUT2D eigenvalue weighted by molar-refractivity contribution is 0.402. The van der Waals surface area contributed by atoms with Crippen molar-refractivity contribution in [1.29, 1.82) is 0 Å². The van der Waals surface area contributed by atoms with Gasteiger partial charge in [0.15, 0.2) is 11.5 Å². The second-order valence-electron chi connectivity index (χ2n) is 4.70. The SMILES string of the molecule is COc1cccc(C(C)NCc2ccc(O)c(O)c2)c1. The molecule has 0 aliphatic rings. The lowest BCUT2D eigenvalue weighted by atomic mass is 10.1. The monoisotopic (exact) mass is 273 g/mol. The Hall–Kier alpha value is -2.20. The minimum absolute atomic E-state index is 0.0988. The van der Waals surface area contributed by atoms with E-state index in [1.165, 1.54) is 6.07 Å². The topological polar surface area (TPSA) is 61.7 Å². The van der Waals surface area contributed by atoms with E-state index in [0.717, 1.165) is 16.9 Å². The summed E-state index contributed by atoms with van der Waals surface area (Å²) < 4.78 is 5.21. The summed E-state index contributed by atoms with van der Waals surface area (Å²) in [6.45, 7) is 2.67. The molecule has 1 unspecified atom stereocenters. The number of methoxy groups -OCH3 is 1. The third-order valence-electron chi connectivity index (χ3n) is 3.25. The van der Waals surface area contributed by atoms with Gasteiger partial charge in [-0.05, 0) is 42.3 Å². The Morgan fingerprint density at radius 1 is 1.10 bits per heavy atom. The molecule has 4 nitrogen and oxygen atoms in total. The van der Waals surface area contributed by atoms with Crippen molar-refractivity contribution in [3.05, 3.63) is 53.6 Å². The van der Waals surface area contributed by atoms with Gasteiger partial charge in [-0.2, -0.15) is 0 Å². The summed E-state index contributed by atoms with van der Waals surface area (Å²) >= 11 is 0. The van der Waals surface area contributed by atoms with Crippen molar-refractivity contribution in [2.75, 3.05) is 7.11 Å². The largest absolute Gasteiger partial charge is 0.504 e. The highest BCUT2D eigenvalue weighted by molar-refractivity contribution is 5.40. The molecule has 1 atom stereocenters. The van der Waals surface area contributed by atoms with Gasteiger partial charge in [-0.25, -0.2) is 0 Å². The average Bonchev–Trinajstić information content (AvgIpc) is 2.48. The molecule has 0 aliphatic heterocycles. The predicted octanol–water partition coefficient (Wildman–Crippen LogP) is 2.96. The number of phenols is 2. The first kappa shape index (κ1) is 14.2. The summed E-state index contributed by atoms with van der Waals surface area (Å²) in [5.41, 5.74) is 2.04. The maximum atomic E-state index is 9.46. The molecule has 3 N–H and O–H groups in total. The normalized spacial score (nSPS) is 12.1. The summed E-state index contributed by atoms with van der Waals surface area (Å²) in [7, 11) is 1.65. The zero-order valence-electron chi connectivity index (χ0n) is 11.6. The number of aromatic hydroxyl groups is 2. The van der Waals surface area contributed by atoms with Crippen LogP contribution in [0, 0.1) is 0 Å². The van der Waals surface area contributed by atoms with Gasteiger partial charge in [0.25, 0.3) is 0 Å². The van der Waals surface area contributed by atoms with Crippen LogP contribution in [0.25, 0.3) is 0 Å². The molecule has 4 heteroatoms. The van der Waals surface area contributed by atoms with E-state index in [-0.39, 0.29) is 17.5 Å². The molecule has 2 aromatic rings. The van der Waals surface area contributed by atoms with E-state index in [0.29, 0.717) is 6.54 Å². The van der Waals surface area contributed by atoms with Crippen LogP contribution in [0.3, 0.4) is 0 Å². The van der Waals surface area contributed by atoms with Crippen molar-refractivity contribution < 1.29 is 14.9 Å². The number of phenolic OH excluding ortho intramolecular Hbond substituents is 2. The van der Waals surface area contributed by atoms with Gasteiger partial charge in [-0.15, -0.1) is 0 Å². The van der Waals surface area contributed by atoms with Crippen LogP contribution < -0.4 is 10.1 Å². The lowest BCUT2D eigenvalue weighted by Gasteiger charge is -2.15. The van der Waals surface area contributed by atoms with Crippen LogP contribution in [0.4, 0.5) is 0 Å². The highest BCUT2D eigenvalue weighted by Crippen LogP contribution is 2.25. The number of nitrogens with one attached hydrogen (secondary N) is 1. The Morgan fingerprint density at radius 3 is 2.60 bits per heavy atom. The molecular weight excluding hydrogens is 254 g/mol. The number of ether oxygens (including phenoxy) is 1. The molecule has 2 aromatic carbocycles. The molecule has 2 rings (SSSR count). The third kappa shape index (κ3) is 3.42. The van der Waals surface area contributed by atoms with Crippen molar-refractivity contribution in [1.82, 2.24) is 5.32 Å². The van der Waals surface area contributed by atoms with E-state index < -0.39 is 0 Å². The summed E-state index contributed by atoms with van der Waals surface area (Å²) in [5, 5.41) is 22.1. The first-order valence-electron chi connectivity index (χ1n) is 6.48. The minimum atomic E-state index is -0.102. The molecule has 0 aliphatic carbocycles. The Bertz CT molecular complexity index is 584. The molecule has 0 saturated heterocycles. The van der Waals surface area contributed by atoms with Crippen molar-refractivity contribution in [3.8, 4) is 17.2 Å². The van der Waals surface area contributed by atoms with E-state index in [4.69, 9.17) is 4.74 Å². The first-order valence-corrected chi connectivity index (χ1v) is 6.48. The van der Waals surface area contributed by atoms with Gasteiger partial charge in [0.2, 0.25) is 0 Å². The van der Waals surface area contributed by atoms with Crippen LogP contribution in [0.1, 0.15) is 24.1 Å². The Balaban J connectivity index is 2.00. The summed E-state index contributed by atoms with van der Waals surface area (Å²) in [6.07, 6.45) is 0. The van der Waals surface area contributed by atoms with Gasteiger partial charge in [0, 0.05) is 12.6 Å². The van der Waals surface area contributed by atoms with E-state index in [1.807, 2.05) is 24.3 Å². The quantitative estimate of drug-likeness (QED) is 0.733. The second-order valence-corrected chi connectivity index (χ2v) is 4.70. The minimum Gasteiger partial charge on any atom is -0.504 e. The van der Waals surface area contributed by atoms with Crippen LogP contribution >= 0.6 is 0 Å². The fourth-order valence-electron chi connectivity index (χ4n) is 1.98. The zero-order valence-corrected chi connectivity index (χ0v) is 11.6. The second kappa shape index (κ2) is 6.30. The van der Waals surface area contributed by atoms with Crippen LogP contribution in [0.15, 0.2) is 42.5 Å². The summed E-state index contributed by atoms with van der Waals surface area (Å²) in [6, 6.07) is 12.9. The van der Waals surface area contributed by atoms with Crippen molar-refractivity contribution in [2.24, 2.45) is 0 Å². The maximum absolute atomic E-state index is 9.46. The van der Waals surface area contributed by atoms with Gasteiger partial charge in [-0.3, -0.25) is 0 Å². The zero-order chi connectivity index (χ0) is 14.5. The highest BCUT2D eigenvalue weighted by atomic mass is 16.5. The van der Waals surface area contributed by atoms with Crippen molar-refractivity contribution in [3.63, 3.8) is 0 Å².